The van der Waals surface area contributed by atoms with Crippen molar-refractivity contribution in [2.75, 3.05) is 6.54 Å². The zero-order valence-electron chi connectivity index (χ0n) is 9.33. The molecule has 0 aliphatic rings. The Balaban J connectivity index is 2.32. The van der Waals surface area contributed by atoms with E-state index in [1.165, 1.54) is 12.0 Å². The van der Waals surface area contributed by atoms with Crippen LogP contribution >= 0.6 is 0 Å². The molecule has 0 bridgehead atoms. The Bertz CT molecular complexity index is 244. The molecule has 1 unspecified atom stereocenters. The fourth-order valence-corrected chi connectivity index (χ4v) is 1.42. The molecule has 0 aliphatic heterocycles. The van der Waals surface area contributed by atoms with Gasteiger partial charge >= 0.3 is 0 Å². The van der Waals surface area contributed by atoms with Gasteiger partial charge in [-0.15, -0.1) is 0 Å². The van der Waals surface area contributed by atoms with E-state index in [0.717, 1.165) is 6.54 Å². The fourth-order valence-electron chi connectivity index (χ4n) is 1.42. The largest absolute Gasteiger partial charge is 0.315 e. The Labute approximate surface area is 86.8 Å². The first-order valence-electron chi connectivity index (χ1n) is 5.33. The lowest BCUT2D eigenvalue weighted by Gasteiger charge is -2.13. The summed E-state index contributed by atoms with van der Waals surface area (Å²) in [7, 11) is 0. The SMILES string of the molecule is CC(C)NCCC(C)c1cccnc1. The highest BCUT2D eigenvalue weighted by molar-refractivity contribution is 5.13. The highest BCUT2D eigenvalue weighted by Crippen LogP contribution is 2.16. The van der Waals surface area contributed by atoms with Crippen LogP contribution in [0.15, 0.2) is 24.5 Å². The average molecular weight is 192 g/mol. The number of hydrogen-bond donors (Lipinski definition) is 1. The van der Waals surface area contributed by atoms with Crippen LogP contribution < -0.4 is 5.32 Å². The molecule has 1 N–H and O–H groups in total. The first-order chi connectivity index (χ1) is 6.70. The maximum Gasteiger partial charge on any atom is 0.0302 e. The van der Waals surface area contributed by atoms with Gasteiger partial charge in [0.25, 0.3) is 0 Å². The summed E-state index contributed by atoms with van der Waals surface area (Å²) < 4.78 is 0. The van der Waals surface area contributed by atoms with E-state index in [1.54, 1.807) is 0 Å². The normalized spacial score (nSPS) is 13.1. The molecule has 0 spiro atoms. The molecule has 0 saturated carbocycles. The Morgan fingerprint density at radius 2 is 2.14 bits per heavy atom. The van der Waals surface area contributed by atoms with E-state index in [4.69, 9.17) is 0 Å². The summed E-state index contributed by atoms with van der Waals surface area (Å²) >= 11 is 0. The van der Waals surface area contributed by atoms with Gasteiger partial charge in [-0.1, -0.05) is 26.8 Å². The molecule has 0 saturated heterocycles. The van der Waals surface area contributed by atoms with Crippen LogP contribution in [0, 0.1) is 0 Å². The minimum atomic E-state index is 0.580. The van der Waals surface area contributed by atoms with Crippen molar-refractivity contribution in [3.05, 3.63) is 30.1 Å². The number of nitrogens with one attached hydrogen (secondary N) is 1. The van der Waals surface area contributed by atoms with Crippen molar-refractivity contribution in [1.82, 2.24) is 10.3 Å². The third kappa shape index (κ3) is 3.88. The van der Waals surface area contributed by atoms with Crippen LogP contribution in [0.4, 0.5) is 0 Å². The lowest BCUT2D eigenvalue weighted by molar-refractivity contribution is 0.540. The van der Waals surface area contributed by atoms with Gasteiger partial charge in [0.15, 0.2) is 0 Å². The summed E-state index contributed by atoms with van der Waals surface area (Å²) in [6.07, 6.45) is 4.95. The zero-order valence-corrected chi connectivity index (χ0v) is 9.33. The van der Waals surface area contributed by atoms with Crippen molar-refractivity contribution in [2.45, 2.75) is 39.2 Å². The van der Waals surface area contributed by atoms with Crippen molar-refractivity contribution < 1.29 is 0 Å². The van der Waals surface area contributed by atoms with E-state index in [-0.39, 0.29) is 0 Å². The summed E-state index contributed by atoms with van der Waals surface area (Å²) in [5.74, 6) is 0.593. The molecule has 0 radical (unpaired) electrons. The van der Waals surface area contributed by atoms with Crippen LogP contribution in [0.25, 0.3) is 0 Å². The summed E-state index contributed by atoms with van der Waals surface area (Å²) in [5.41, 5.74) is 1.33. The second kappa shape index (κ2) is 5.76. The number of rotatable bonds is 5. The van der Waals surface area contributed by atoms with Gasteiger partial charge in [0.2, 0.25) is 0 Å². The van der Waals surface area contributed by atoms with Crippen LogP contribution in [0.5, 0.6) is 0 Å². The number of hydrogen-bond acceptors (Lipinski definition) is 2. The zero-order chi connectivity index (χ0) is 10.4. The van der Waals surface area contributed by atoms with Gasteiger partial charge in [-0.05, 0) is 30.5 Å². The molecular formula is C12H20N2. The molecule has 1 rings (SSSR count). The first kappa shape index (κ1) is 11.2. The van der Waals surface area contributed by atoms with Crippen molar-refractivity contribution in [1.29, 1.82) is 0 Å². The van der Waals surface area contributed by atoms with Crippen LogP contribution in [0.1, 0.15) is 38.7 Å². The Hall–Kier alpha value is -0.890. The van der Waals surface area contributed by atoms with Gasteiger partial charge in [-0.2, -0.15) is 0 Å². The molecule has 14 heavy (non-hydrogen) atoms. The standard InChI is InChI=1S/C12H20N2/c1-10(2)14-8-6-11(3)12-5-4-7-13-9-12/h4-5,7,9-11,14H,6,8H2,1-3H3. The summed E-state index contributed by atoms with van der Waals surface area (Å²) in [6, 6.07) is 4.73. The third-order valence-corrected chi connectivity index (χ3v) is 2.38. The second-order valence-corrected chi connectivity index (χ2v) is 4.08. The van der Waals surface area contributed by atoms with E-state index in [0.29, 0.717) is 12.0 Å². The first-order valence-corrected chi connectivity index (χ1v) is 5.33. The molecule has 0 fully saturated rings. The van der Waals surface area contributed by atoms with E-state index < -0.39 is 0 Å². The van der Waals surface area contributed by atoms with Crippen LogP contribution in [-0.4, -0.2) is 17.6 Å². The smallest absolute Gasteiger partial charge is 0.0302 e. The molecule has 0 aliphatic carbocycles. The topological polar surface area (TPSA) is 24.9 Å². The molecule has 2 heteroatoms. The minimum Gasteiger partial charge on any atom is -0.315 e. The summed E-state index contributed by atoms with van der Waals surface area (Å²) in [5, 5.41) is 3.43. The highest BCUT2D eigenvalue weighted by atomic mass is 14.9. The predicted molar refractivity (Wildman–Crippen MR) is 60.4 cm³/mol. The Morgan fingerprint density at radius 3 is 2.71 bits per heavy atom. The lowest BCUT2D eigenvalue weighted by atomic mass is 10.00. The number of nitrogens with zero attached hydrogens (tertiary/aromatic N) is 1. The molecule has 2 nitrogen and oxygen atoms in total. The van der Waals surface area contributed by atoms with Crippen molar-refractivity contribution in [3.63, 3.8) is 0 Å². The molecule has 0 amide bonds. The fraction of sp³-hybridized carbons (Fsp3) is 0.583. The molecule has 1 atom stereocenters. The average Bonchev–Trinajstić information content (AvgIpc) is 2.18. The summed E-state index contributed by atoms with van der Waals surface area (Å²) in [6.45, 7) is 7.68. The second-order valence-electron chi connectivity index (χ2n) is 4.08. The van der Waals surface area contributed by atoms with E-state index in [9.17, 15) is 0 Å². The van der Waals surface area contributed by atoms with E-state index >= 15 is 0 Å². The van der Waals surface area contributed by atoms with Gasteiger partial charge < -0.3 is 5.32 Å². The van der Waals surface area contributed by atoms with Gasteiger partial charge in [0, 0.05) is 18.4 Å². The minimum absolute atomic E-state index is 0.580. The highest BCUT2D eigenvalue weighted by Gasteiger charge is 2.04. The van der Waals surface area contributed by atoms with Gasteiger partial charge in [0.05, 0.1) is 0 Å². The monoisotopic (exact) mass is 192 g/mol. The van der Waals surface area contributed by atoms with Crippen molar-refractivity contribution >= 4 is 0 Å². The number of pyridine rings is 1. The molecule has 78 valence electrons. The van der Waals surface area contributed by atoms with Gasteiger partial charge in [-0.25, -0.2) is 0 Å². The maximum atomic E-state index is 4.13. The third-order valence-electron chi connectivity index (χ3n) is 2.38. The van der Waals surface area contributed by atoms with Crippen LogP contribution in [0.2, 0.25) is 0 Å². The Morgan fingerprint density at radius 1 is 1.36 bits per heavy atom. The van der Waals surface area contributed by atoms with E-state index in [2.05, 4.69) is 37.1 Å². The van der Waals surface area contributed by atoms with E-state index in [1.807, 2.05) is 18.5 Å². The van der Waals surface area contributed by atoms with Gasteiger partial charge in [0.1, 0.15) is 0 Å². The Kier molecular flexibility index (Phi) is 4.60. The molecular weight excluding hydrogens is 172 g/mol. The van der Waals surface area contributed by atoms with Crippen LogP contribution in [0.3, 0.4) is 0 Å². The molecule has 1 heterocycles. The van der Waals surface area contributed by atoms with Crippen molar-refractivity contribution in [2.24, 2.45) is 0 Å². The van der Waals surface area contributed by atoms with Crippen LogP contribution in [-0.2, 0) is 0 Å². The van der Waals surface area contributed by atoms with Crippen molar-refractivity contribution in [3.8, 4) is 0 Å². The maximum absolute atomic E-state index is 4.13. The lowest BCUT2D eigenvalue weighted by Crippen LogP contribution is -2.24. The number of aromatic nitrogens is 1. The molecule has 1 aromatic rings. The summed E-state index contributed by atoms with van der Waals surface area (Å²) in [4.78, 5) is 4.13. The molecule has 1 aromatic heterocycles. The quantitative estimate of drug-likeness (QED) is 0.775. The van der Waals surface area contributed by atoms with Gasteiger partial charge in [-0.3, -0.25) is 4.98 Å². The molecule has 0 aromatic carbocycles. The predicted octanol–water partition coefficient (Wildman–Crippen LogP) is 2.57.